The fraction of sp³-hybridized carbons (Fsp3) is 0.909. The summed E-state index contributed by atoms with van der Waals surface area (Å²) in [4.78, 5) is 11.2. The van der Waals surface area contributed by atoms with Crippen molar-refractivity contribution in [3.63, 3.8) is 0 Å². The Balaban J connectivity index is 3.66. The van der Waals surface area contributed by atoms with E-state index >= 15 is 0 Å². The number of hydrogen-bond acceptors (Lipinski definition) is 3. The van der Waals surface area contributed by atoms with Crippen molar-refractivity contribution in [1.82, 2.24) is 0 Å². The molecule has 0 saturated heterocycles. The van der Waals surface area contributed by atoms with Crippen LogP contribution in [-0.2, 0) is 14.3 Å². The molecular weight excluding hydrogens is 180 g/mol. The van der Waals surface area contributed by atoms with Gasteiger partial charge < -0.3 is 9.47 Å². The van der Waals surface area contributed by atoms with E-state index in [0.29, 0.717) is 6.61 Å². The molecule has 0 bridgehead atoms. The first-order valence-electron chi connectivity index (χ1n) is 4.90. The van der Waals surface area contributed by atoms with Gasteiger partial charge in [-0.1, -0.05) is 20.8 Å². The largest absolute Gasteiger partial charge is 0.458 e. The Kier molecular flexibility index (Phi) is 4.59. The topological polar surface area (TPSA) is 35.5 Å². The third-order valence-electron chi connectivity index (χ3n) is 1.18. The van der Waals surface area contributed by atoms with Gasteiger partial charge >= 0.3 is 5.97 Å². The summed E-state index contributed by atoms with van der Waals surface area (Å²) in [5.41, 5.74) is -0.343. The molecule has 0 heterocycles. The van der Waals surface area contributed by atoms with E-state index in [1.54, 1.807) is 0 Å². The molecule has 0 fully saturated rings. The molecule has 0 N–H and O–H groups in total. The van der Waals surface area contributed by atoms with Crippen molar-refractivity contribution in [3.05, 3.63) is 0 Å². The zero-order chi connectivity index (χ0) is 11.4. The molecule has 0 aliphatic heterocycles. The highest BCUT2D eigenvalue weighted by molar-refractivity contribution is 5.71. The lowest BCUT2D eigenvalue weighted by Gasteiger charge is -2.21. The number of rotatable bonds is 3. The molecule has 0 amide bonds. The monoisotopic (exact) mass is 202 g/mol. The normalized spacial score (nSPS) is 12.7. The second-order valence-corrected chi connectivity index (χ2v) is 5.64. The van der Waals surface area contributed by atoms with Crippen LogP contribution < -0.4 is 0 Å². The average Bonchev–Trinajstić information content (AvgIpc) is 1.78. The first-order chi connectivity index (χ1) is 6.10. The fourth-order valence-corrected chi connectivity index (χ4v) is 0.812. The third-order valence-corrected chi connectivity index (χ3v) is 1.18. The first kappa shape index (κ1) is 13.4. The Morgan fingerprint density at radius 3 is 1.93 bits per heavy atom. The van der Waals surface area contributed by atoms with Crippen LogP contribution in [0.1, 0.15) is 41.5 Å². The van der Waals surface area contributed by atoms with Gasteiger partial charge in [-0.05, 0) is 26.2 Å². The predicted molar refractivity (Wildman–Crippen MR) is 56.1 cm³/mol. The SMILES string of the molecule is CC(C)(C)COCC(=O)OC(C)(C)C. The van der Waals surface area contributed by atoms with Gasteiger partial charge in [0.15, 0.2) is 0 Å². The molecule has 0 aliphatic carbocycles. The number of ether oxygens (including phenoxy) is 2. The molecule has 84 valence electrons. The van der Waals surface area contributed by atoms with Gasteiger partial charge in [0.1, 0.15) is 12.2 Å². The molecule has 0 spiro atoms. The van der Waals surface area contributed by atoms with Gasteiger partial charge in [-0.15, -0.1) is 0 Å². The van der Waals surface area contributed by atoms with Crippen molar-refractivity contribution in [2.24, 2.45) is 5.41 Å². The van der Waals surface area contributed by atoms with Crippen LogP contribution in [-0.4, -0.2) is 24.8 Å². The van der Waals surface area contributed by atoms with Crippen LogP contribution in [0.4, 0.5) is 0 Å². The van der Waals surface area contributed by atoms with Crippen molar-refractivity contribution >= 4 is 5.97 Å². The smallest absolute Gasteiger partial charge is 0.332 e. The molecule has 0 unspecified atom stereocenters. The van der Waals surface area contributed by atoms with E-state index in [0.717, 1.165) is 0 Å². The zero-order valence-electron chi connectivity index (χ0n) is 10.1. The second kappa shape index (κ2) is 4.78. The fourth-order valence-electron chi connectivity index (χ4n) is 0.812. The highest BCUT2D eigenvalue weighted by Gasteiger charge is 2.17. The maximum absolute atomic E-state index is 11.2. The van der Waals surface area contributed by atoms with Crippen LogP contribution in [0.2, 0.25) is 0 Å². The molecule has 0 atom stereocenters. The summed E-state index contributed by atoms with van der Waals surface area (Å²) in [5.74, 6) is -0.304. The van der Waals surface area contributed by atoms with Crippen LogP contribution in [0.15, 0.2) is 0 Å². The summed E-state index contributed by atoms with van der Waals surface area (Å²) in [6.45, 7) is 12.3. The Bertz CT molecular complexity index is 184. The summed E-state index contributed by atoms with van der Waals surface area (Å²) in [6.07, 6.45) is 0. The van der Waals surface area contributed by atoms with Gasteiger partial charge in [-0.25, -0.2) is 4.79 Å². The van der Waals surface area contributed by atoms with E-state index in [1.165, 1.54) is 0 Å². The molecule has 14 heavy (non-hydrogen) atoms. The lowest BCUT2D eigenvalue weighted by molar-refractivity contribution is -0.161. The van der Waals surface area contributed by atoms with Crippen LogP contribution in [0.5, 0.6) is 0 Å². The minimum atomic E-state index is -0.428. The van der Waals surface area contributed by atoms with Crippen molar-refractivity contribution in [1.29, 1.82) is 0 Å². The predicted octanol–water partition coefficient (Wildman–Crippen LogP) is 2.39. The minimum Gasteiger partial charge on any atom is -0.458 e. The van der Waals surface area contributed by atoms with Crippen molar-refractivity contribution in [2.45, 2.75) is 47.1 Å². The maximum Gasteiger partial charge on any atom is 0.332 e. The number of hydrogen-bond donors (Lipinski definition) is 0. The third kappa shape index (κ3) is 9.52. The summed E-state index contributed by atoms with van der Waals surface area (Å²) >= 11 is 0. The second-order valence-electron chi connectivity index (χ2n) is 5.64. The highest BCUT2D eigenvalue weighted by Crippen LogP contribution is 2.13. The Labute approximate surface area is 86.8 Å². The minimum absolute atomic E-state index is 0.0362. The highest BCUT2D eigenvalue weighted by atomic mass is 16.6. The van der Waals surface area contributed by atoms with Gasteiger partial charge in [-0.2, -0.15) is 0 Å². The summed E-state index contributed by atoms with van der Waals surface area (Å²) in [7, 11) is 0. The molecule has 0 aromatic carbocycles. The van der Waals surface area contributed by atoms with Crippen LogP contribution in [0, 0.1) is 5.41 Å². The number of carbonyl (C=O) groups is 1. The van der Waals surface area contributed by atoms with Crippen molar-refractivity contribution < 1.29 is 14.3 Å². The van der Waals surface area contributed by atoms with Gasteiger partial charge in [-0.3, -0.25) is 0 Å². The van der Waals surface area contributed by atoms with Crippen molar-refractivity contribution in [3.8, 4) is 0 Å². The van der Waals surface area contributed by atoms with Crippen molar-refractivity contribution in [2.75, 3.05) is 13.2 Å². The van der Waals surface area contributed by atoms with Gasteiger partial charge in [0, 0.05) is 0 Å². The molecule has 3 heteroatoms. The van der Waals surface area contributed by atoms with E-state index in [-0.39, 0.29) is 18.0 Å². The summed E-state index contributed by atoms with van der Waals surface area (Å²) in [5, 5.41) is 0. The van der Waals surface area contributed by atoms with Crippen LogP contribution in [0.25, 0.3) is 0 Å². The average molecular weight is 202 g/mol. The molecule has 0 radical (unpaired) electrons. The number of esters is 1. The van der Waals surface area contributed by atoms with E-state index in [2.05, 4.69) is 20.8 Å². The quantitative estimate of drug-likeness (QED) is 0.659. The molecule has 0 aromatic heterocycles. The van der Waals surface area contributed by atoms with E-state index in [4.69, 9.17) is 9.47 Å². The Morgan fingerprint density at radius 1 is 1.07 bits per heavy atom. The van der Waals surface area contributed by atoms with Gasteiger partial charge in [0.25, 0.3) is 0 Å². The molecule has 0 aliphatic rings. The van der Waals surface area contributed by atoms with Crippen LogP contribution >= 0.6 is 0 Å². The lowest BCUT2D eigenvalue weighted by atomic mass is 9.99. The molecule has 0 rings (SSSR count). The lowest BCUT2D eigenvalue weighted by Crippen LogP contribution is -2.27. The molecule has 0 saturated carbocycles. The Hall–Kier alpha value is -0.570. The van der Waals surface area contributed by atoms with E-state index in [1.807, 2.05) is 20.8 Å². The first-order valence-corrected chi connectivity index (χ1v) is 4.90. The summed E-state index contributed by atoms with van der Waals surface area (Å²) in [6, 6.07) is 0. The standard InChI is InChI=1S/C11H22O3/c1-10(2,3)8-13-7-9(12)14-11(4,5)6/h7-8H2,1-6H3. The van der Waals surface area contributed by atoms with E-state index < -0.39 is 5.60 Å². The zero-order valence-corrected chi connectivity index (χ0v) is 10.1. The number of carbonyl (C=O) groups excluding carboxylic acids is 1. The van der Waals surface area contributed by atoms with E-state index in [9.17, 15) is 4.79 Å². The molecular formula is C11H22O3. The molecule has 3 nitrogen and oxygen atoms in total. The maximum atomic E-state index is 11.2. The van der Waals surface area contributed by atoms with Gasteiger partial charge in [0.05, 0.1) is 6.61 Å². The van der Waals surface area contributed by atoms with Gasteiger partial charge in [0.2, 0.25) is 0 Å². The Morgan fingerprint density at radius 2 is 1.57 bits per heavy atom. The summed E-state index contributed by atoms with van der Waals surface area (Å²) < 4.78 is 10.3. The molecule has 0 aromatic rings. The van der Waals surface area contributed by atoms with Crippen LogP contribution in [0.3, 0.4) is 0 Å².